The van der Waals surface area contributed by atoms with Crippen LogP contribution < -0.4 is 5.23 Å². The lowest BCUT2D eigenvalue weighted by molar-refractivity contribution is -1.04. The average molecular weight is 119 g/mol. The molecule has 0 radical (unpaired) electrons. The van der Waals surface area contributed by atoms with Crippen LogP contribution in [0.4, 0.5) is 0 Å². The Morgan fingerprint density at radius 1 is 1.75 bits per heavy atom. The number of hydroxylamine groups is 2. The van der Waals surface area contributed by atoms with Crippen molar-refractivity contribution in [2.24, 2.45) is 0 Å². The molecule has 2 atom stereocenters. The molecule has 0 aliphatic heterocycles. The van der Waals surface area contributed by atoms with Crippen molar-refractivity contribution in [3.63, 3.8) is 0 Å². The van der Waals surface area contributed by atoms with Crippen molar-refractivity contribution in [1.29, 1.82) is 0 Å². The Morgan fingerprint density at radius 2 is 2.25 bits per heavy atom. The lowest BCUT2D eigenvalue weighted by Crippen LogP contribution is -3.03. The summed E-state index contributed by atoms with van der Waals surface area (Å²) in [6.45, 7) is 3.86. The van der Waals surface area contributed by atoms with E-state index in [1.54, 1.807) is 0 Å². The van der Waals surface area contributed by atoms with E-state index >= 15 is 0 Å². The molecule has 3 heteroatoms. The van der Waals surface area contributed by atoms with Gasteiger partial charge in [0, 0.05) is 0 Å². The van der Waals surface area contributed by atoms with Crippen molar-refractivity contribution < 1.29 is 10.1 Å². The molecule has 2 unspecified atom stereocenters. The van der Waals surface area contributed by atoms with Gasteiger partial charge in [0.1, 0.15) is 6.10 Å². The Labute approximate surface area is 49.8 Å². The zero-order valence-electron chi connectivity index (χ0n) is 5.60. The summed E-state index contributed by atoms with van der Waals surface area (Å²) in [6.07, 6.45) is 0.965. The van der Waals surface area contributed by atoms with Gasteiger partial charge in [0.2, 0.25) is 0 Å². The fourth-order valence-electron chi connectivity index (χ4n) is 0.367. The number of hydrogen-bond donors (Lipinski definition) is 1. The van der Waals surface area contributed by atoms with Crippen LogP contribution >= 0.6 is 0 Å². The van der Waals surface area contributed by atoms with E-state index in [4.69, 9.17) is 4.84 Å². The molecule has 0 saturated heterocycles. The molecular formula is C5H13NO2. The molecule has 0 bridgehead atoms. The molecule has 0 aliphatic rings. The van der Waals surface area contributed by atoms with Crippen LogP contribution in [0.1, 0.15) is 20.3 Å². The predicted octanol–water partition coefficient (Wildman–Crippen LogP) is -0.271. The second kappa shape index (κ2) is 3.83. The van der Waals surface area contributed by atoms with Gasteiger partial charge in [-0.05, 0) is 13.3 Å². The zero-order valence-corrected chi connectivity index (χ0v) is 5.60. The summed E-state index contributed by atoms with van der Waals surface area (Å²) in [5.41, 5.74) is 0. The molecule has 8 heavy (non-hydrogen) atoms. The van der Waals surface area contributed by atoms with Crippen LogP contribution in [0.15, 0.2) is 0 Å². The lowest BCUT2D eigenvalue weighted by Gasteiger charge is -2.17. The van der Waals surface area contributed by atoms with Crippen molar-refractivity contribution in [2.45, 2.75) is 26.4 Å². The van der Waals surface area contributed by atoms with E-state index in [0.717, 1.165) is 6.42 Å². The molecule has 0 rings (SSSR count). The van der Waals surface area contributed by atoms with Crippen LogP contribution in [0, 0.1) is 5.21 Å². The lowest BCUT2D eigenvalue weighted by atomic mass is 10.3. The van der Waals surface area contributed by atoms with E-state index in [0.29, 0.717) is 0 Å². The van der Waals surface area contributed by atoms with Gasteiger partial charge in [-0.3, -0.25) is 0 Å². The van der Waals surface area contributed by atoms with E-state index in [2.05, 4.69) is 0 Å². The topological polar surface area (TPSA) is 36.7 Å². The van der Waals surface area contributed by atoms with E-state index in [-0.39, 0.29) is 11.3 Å². The maximum atomic E-state index is 10.2. The van der Waals surface area contributed by atoms with E-state index in [1.807, 2.05) is 13.8 Å². The van der Waals surface area contributed by atoms with Gasteiger partial charge < -0.3 is 5.21 Å². The number of nitrogens with one attached hydrogen (secondary N) is 1. The Kier molecular flexibility index (Phi) is 3.77. The molecule has 0 aliphatic carbocycles. The van der Waals surface area contributed by atoms with Crippen LogP contribution in [0.5, 0.6) is 0 Å². The highest BCUT2D eigenvalue weighted by atomic mass is 16.9. The molecule has 0 aromatic heterocycles. The molecular weight excluding hydrogens is 106 g/mol. The zero-order chi connectivity index (χ0) is 6.57. The fourth-order valence-corrected chi connectivity index (χ4v) is 0.367. The summed E-state index contributed by atoms with van der Waals surface area (Å²) in [4.78, 5) is 4.76. The molecule has 3 nitrogen and oxygen atoms in total. The maximum absolute atomic E-state index is 10.2. The molecule has 0 spiro atoms. The standard InChI is InChI=1S/C5H13NO2/c1-4-5(2)8-6(3)7/h5-6H,4H2,1-3H3. The minimum absolute atomic E-state index is 0.0764. The quantitative estimate of drug-likeness (QED) is 0.519. The molecule has 0 aromatic rings. The monoisotopic (exact) mass is 119 g/mol. The third-order valence-corrected chi connectivity index (χ3v) is 0.942. The molecule has 0 saturated carbocycles. The Hall–Kier alpha value is -0.120. The van der Waals surface area contributed by atoms with E-state index in [1.165, 1.54) is 7.05 Å². The van der Waals surface area contributed by atoms with Crippen molar-refractivity contribution in [1.82, 2.24) is 0 Å². The molecule has 0 aromatic carbocycles. The predicted molar refractivity (Wildman–Crippen MR) is 31.1 cm³/mol. The van der Waals surface area contributed by atoms with Gasteiger partial charge in [-0.1, -0.05) is 6.92 Å². The van der Waals surface area contributed by atoms with Crippen LogP contribution in [-0.2, 0) is 4.84 Å². The minimum Gasteiger partial charge on any atom is -0.600 e. The van der Waals surface area contributed by atoms with Gasteiger partial charge in [0.25, 0.3) is 0 Å². The van der Waals surface area contributed by atoms with Crippen LogP contribution in [-0.4, -0.2) is 13.2 Å². The first-order valence-corrected chi connectivity index (χ1v) is 2.84. The van der Waals surface area contributed by atoms with Crippen LogP contribution in [0.2, 0.25) is 0 Å². The molecule has 0 fully saturated rings. The minimum atomic E-state index is -0.195. The highest BCUT2D eigenvalue weighted by Crippen LogP contribution is 1.88. The number of rotatable bonds is 3. The van der Waals surface area contributed by atoms with E-state index in [9.17, 15) is 5.21 Å². The van der Waals surface area contributed by atoms with Gasteiger partial charge in [-0.25, -0.2) is 10.1 Å². The van der Waals surface area contributed by atoms with Gasteiger partial charge in [0.15, 0.2) is 0 Å². The van der Waals surface area contributed by atoms with Crippen molar-refractivity contribution >= 4 is 0 Å². The summed E-state index contributed by atoms with van der Waals surface area (Å²) in [5.74, 6) is 0. The first kappa shape index (κ1) is 7.88. The van der Waals surface area contributed by atoms with Gasteiger partial charge in [-0.2, -0.15) is 0 Å². The van der Waals surface area contributed by atoms with Gasteiger partial charge >= 0.3 is 0 Å². The highest BCUT2D eigenvalue weighted by Gasteiger charge is 1.98. The SMILES string of the molecule is CCC(C)O[NH+](C)[O-]. The summed E-state index contributed by atoms with van der Waals surface area (Å²) >= 11 is 0. The Balaban J connectivity index is 3.10. The van der Waals surface area contributed by atoms with Crippen LogP contribution in [0.25, 0.3) is 0 Å². The average Bonchev–Trinajstić information content (AvgIpc) is 1.65. The van der Waals surface area contributed by atoms with Gasteiger partial charge in [-0.15, -0.1) is 0 Å². The fraction of sp³-hybridized carbons (Fsp3) is 1.00. The van der Waals surface area contributed by atoms with Crippen LogP contribution in [0.3, 0.4) is 0 Å². The van der Waals surface area contributed by atoms with E-state index < -0.39 is 0 Å². The molecule has 0 heterocycles. The van der Waals surface area contributed by atoms with Crippen molar-refractivity contribution in [3.8, 4) is 0 Å². The third-order valence-electron chi connectivity index (χ3n) is 0.942. The normalized spacial score (nSPS) is 18.0. The molecule has 0 amide bonds. The first-order chi connectivity index (χ1) is 3.66. The second-order valence-corrected chi connectivity index (χ2v) is 1.83. The number of quaternary nitrogens is 1. The Morgan fingerprint density at radius 3 is 2.38 bits per heavy atom. The maximum Gasteiger partial charge on any atom is 0.114 e. The molecule has 50 valence electrons. The highest BCUT2D eigenvalue weighted by molar-refractivity contribution is 4.37. The van der Waals surface area contributed by atoms with Crippen molar-refractivity contribution in [3.05, 3.63) is 5.21 Å². The second-order valence-electron chi connectivity index (χ2n) is 1.83. The Bertz CT molecular complexity index is 56.4. The summed E-state index contributed by atoms with van der Waals surface area (Å²) in [7, 11) is 1.42. The number of hydrogen-bond acceptors (Lipinski definition) is 2. The summed E-state index contributed by atoms with van der Waals surface area (Å²) in [6, 6.07) is 0. The smallest absolute Gasteiger partial charge is 0.114 e. The molecule has 1 N–H and O–H groups in total. The van der Waals surface area contributed by atoms with Gasteiger partial charge in [0.05, 0.1) is 7.05 Å². The largest absolute Gasteiger partial charge is 0.600 e. The summed E-state index contributed by atoms with van der Waals surface area (Å²) in [5, 5.41) is 10.00. The summed E-state index contributed by atoms with van der Waals surface area (Å²) < 4.78 is 0. The third kappa shape index (κ3) is 4.05. The van der Waals surface area contributed by atoms with Crippen molar-refractivity contribution in [2.75, 3.05) is 7.05 Å². The first-order valence-electron chi connectivity index (χ1n) is 2.84.